The van der Waals surface area contributed by atoms with Gasteiger partial charge in [-0.3, -0.25) is 9.59 Å². The zero-order chi connectivity index (χ0) is 16.6. The van der Waals surface area contributed by atoms with Gasteiger partial charge in [0.15, 0.2) is 0 Å². The molecule has 4 nitrogen and oxygen atoms in total. The Balaban J connectivity index is 1.82. The first-order valence-corrected chi connectivity index (χ1v) is 8.16. The van der Waals surface area contributed by atoms with Crippen LogP contribution in [-0.2, 0) is 16.8 Å². The number of hydrogen-bond donors (Lipinski definition) is 2. The number of benzene rings is 2. The van der Waals surface area contributed by atoms with Crippen molar-refractivity contribution >= 4 is 33.4 Å². The highest BCUT2D eigenvalue weighted by molar-refractivity contribution is 9.10. The Morgan fingerprint density at radius 1 is 1.17 bits per heavy atom. The maximum atomic E-state index is 12.7. The summed E-state index contributed by atoms with van der Waals surface area (Å²) in [7, 11) is 0. The fraction of sp³-hybridized carbons (Fsp3) is 0.222. The number of anilines is 1. The highest BCUT2D eigenvalue weighted by Crippen LogP contribution is 2.27. The van der Waals surface area contributed by atoms with Gasteiger partial charge in [-0.1, -0.05) is 34.1 Å². The summed E-state index contributed by atoms with van der Waals surface area (Å²) in [5.41, 5.74) is 2.47. The van der Waals surface area contributed by atoms with E-state index in [1.54, 1.807) is 6.07 Å². The Hall–Kier alpha value is -2.14. The summed E-state index contributed by atoms with van der Waals surface area (Å²) in [5.74, 6) is -0.207. The van der Waals surface area contributed by atoms with Crippen molar-refractivity contribution in [3.63, 3.8) is 0 Å². The molecule has 1 aliphatic heterocycles. The van der Waals surface area contributed by atoms with Crippen LogP contribution in [0.2, 0.25) is 0 Å². The minimum Gasteiger partial charge on any atom is -0.348 e. The Bertz CT molecular complexity index is 782. The second kappa shape index (κ2) is 5.81. The summed E-state index contributed by atoms with van der Waals surface area (Å²) in [4.78, 5) is 24.4. The van der Waals surface area contributed by atoms with Crippen LogP contribution in [0.15, 0.2) is 46.9 Å². The minimum absolute atomic E-state index is 0.0942. The molecule has 0 atom stereocenters. The van der Waals surface area contributed by atoms with E-state index < -0.39 is 5.41 Å². The van der Waals surface area contributed by atoms with E-state index in [2.05, 4.69) is 26.6 Å². The Kier molecular flexibility index (Phi) is 3.98. The minimum atomic E-state index is -0.679. The fourth-order valence-corrected chi connectivity index (χ4v) is 2.84. The topological polar surface area (TPSA) is 58.2 Å². The molecule has 2 N–H and O–H groups in total. The van der Waals surface area contributed by atoms with Gasteiger partial charge in [0.05, 0.1) is 5.41 Å². The number of halogens is 1. The van der Waals surface area contributed by atoms with Crippen molar-refractivity contribution in [2.75, 3.05) is 5.32 Å². The van der Waals surface area contributed by atoms with Crippen LogP contribution in [0.4, 0.5) is 5.69 Å². The van der Waals surface area contributed by atoms with E-state index >= 15 is 0 Å². The van der Waals surface area contributed by atoms with Crippen LogP contribution in [0.3, 0.4) is 0 Å². The van der Waals surface area contributed by atoms with Gasteiger partial charge in [0.2, 0.25) is 5.91 Å². The molecular formula is C18H17BrN2O2. The first-order valence-electron chi connectivity index (χ1n) is 7.36. The predicted molar refractivity (Wildman–Crippen MR) is 93.4 cm³/mol. The largest absolute Gasteiger partial charge is 0.348 e. The van der Waals surface area contributed by atoms with Crippen molar-refractivity contribution in [2.45, 2.75) is 25.8 Å². The molecule has 0 spiro atoms. The first-order chi connectivity index (χ1) is 10.9. The maximum Gasteiger partial charge on any atom is 0.251 e. The zero-order valence-electron chi connectivity index (χ0n) is 12.9. The van der Waals surface area contributed by atoms with E-state index in [1.165, 1.54) is 0 Å². The van der Waals surface area contributed by atoms with Crippen LogP contribution in [0.25, 0.3) is 0 Å². The van der Waals surface area contributed by atoms with Crippen molar-refractivity contribution in [1.82, 2.24) is 5.32 Å². The second-order valence-electron chi connectivity index (χ2n) is 6.14. The quantitative estimate of drug-likeness (QED) is 0.864. The molecule has 1 aliphatic rings. The summed E-state index contributed by atoms with van der Waals surface area (Å²) < 4.78 is 0.974. The number of amides is 2. The molecule has 0 fully saturated rings. The molecule has 0 bridgehead atoms. The van der Waals surface area contributed by atoms with Crippen molar-refractivity contribution in [2.24, 2.45) is 0 Å². The van der Waals surface area contributed by atoms with Crippen LogP contribution < -0.4 is 10.6 Å². The smallest absolute Gasteiger partial charge is 0.251 e. The number of nitrogens with one attached hydrogen (secondary N) is 2. The Morgan fingerprint density at radius 3 is 2.57 bits per heavy atom. The van der Waals surface area contributed by atoms with E-state index in [9.17, 15) is 9.59 Å². The van der Waals surface area contributed by atoms with Crippen molar-refractivity contribution in [3.8, 4) is 0 Å². The Labute approximate surface area is 143 Å². The van der Waals surface area contributed by atoms with Gasteiger partial charge in [-0.2, -0.15) is 0 Å². The number of fused-ring (bicyclic) bond motifs is 1. The van der Waals surface area contributed by atoms with Crippen LogP contribution in [-0.4, -0.2) is 11.8 Å². The number of rotatable bonds is 3. The van der Waals surface area contributed by atoms with Gasteiger partial charge < -0.3 is 10.6 Å². The summed E-state index contributed by atoms with van der Waals surface area (Å²) >= 11 is 3.40. The molecular weight excluding hydrogens is 356 g/mol. The lowest BCUT2D eigenvalue weighted by Crippen LogP contribution is -2.34. The molecule has 0 aliphatic carbocycles. The predicted octanol–water partition coefficient (Wildman–Crippen LogP) is 3.61. The van der Waals surface area contributed by atoms with E-state index in [0.29, 0.717) is 17.8 Å². The molecule has 118 valence electrons. The summed E-state index contributed by atoms with van der Waals surface area (Å²) in [6.07, 6.45) is 0. The number of hydrogen-bond acceptors (Lipinski definition) is 2. The first kappa shape index (κ1) is 15.7. The lowest BCUT2D eigenvalue weighted by Gasteiger charge is -2.24. The zero-order valence-corrected chi connectivity index (χ0v) is 14.5. The summed E-state index contributed by atoms with van der Waals surface area (Å²) in [5, 5.41) is 5.69. The fourth-order valence-electron chi connectivity index (χ4n) is 2.58. The Morgan fingerprint density at radius 2 is 1.87 bits per heavy atom. The normalized spacial score (nSPS) is 13.4. The molecule has 2 aromatic carbocycles. The molecule has 3 rings (SSSR count). The molecule has 0 saturated heterocycles. The van der Waals surface area contributed by atoms with Crippen LogP contribution >= 0.6 is 15.9 Å². The van der Waals surface area contributed by atoms with E-state index in [4.69, 9.17) is 0 Å². The van der Waals surface area contributed by atoms with E-state index in [-0.39, 0.29) is 11.8 Å². The van der Waals surface area contributed by atoms with Crippen molar-refractivity contribution in [1.29, 1.82) is 0 Å². The lowest BCUT2D eigenvalue weighted by molar-refractivity contribution is -0.120. The summed E-state index contributed by atoms with van der Waals surface area (Å²) in [6.45, 7) is 4.31. The lowest BCUT2D eigenvalue weighted by atomic mass is 9.83. The molecule has 0 saturated carbocycles. The van der Waals surface area contributed by atoms with Gasteiger partial charge >= 0.3 is 0 Å². The third-order valence-corrected chi connectivity index (χ3v) is 4.71. The van der Waals surface area contributed by atoms with Gasteiger partial charge in [-0.25, -0.2) is 0 Å². The maximum absolute atomic E-state index is 12.7. The third kappa shape index (κ3) is 3.01. The molecule has 0 unspecified atom stereocenters. The molecule has 1 heterocycles. The monoisotopic (exact) mass is 372 g/mol. The van der Waals surface area contributed by atoms with Crippen LogP contribution in [0.5, 0.6) is 0 Å². The molecule has 2 amide bonds. The van der Waals surface area contributed by atoms with Gasteiger partial charge in [0, 0.05) is 22.3 Å². The average Bonchev–Trinajstić information content (AvgIpc) is 2.89. The average molecular weight is 373 g/mol. The SMILES string of the molecule is CC(C)(C(=O)Nc1ccc2c(c1)C(=O)NC2)c1ccc(Br)cc1. The van der Waals surface area contributed by atoms with Crippen LogP contribution in [0.1, 0.15) is 35.3 Å². The van der Waals surface area contributed by atoms with Crippen molar-refractivity contribution < 1.29 is 9.59 Å². The molecule has 0 aromatic heterocycles. The van der Waals surface area contributed by atoms with Gasteiger partial charge in [-0.15, -0.1) is 0 Å². The van der Waals surface area contributed by atoms with Gasteiger partial charge in [-0.05, 0) is 49.2 Å². The van der Waals surface area contributed by atoms with Crippen molar-refractivity contribution in [3.05, 3.63) is 63.6 Å². The molecule has 5 heteroatoms. The van der Waals surface area contributed by atoms with E-state index in [1.807, 2.05) is 50.2 Å². The highest BCUT2D eigenvalue weighted by Gasteiger charge is 2.30. The van der Waals surface area contributed by atoms with E-state index in [0.717, 1.165) is 15.6 Å². The highest BCUT2D eigenvalue weighted by atomic mass is 79.9. The molecule has 2 aromatic rings. The van der Waals surface area contributed by atoms with Crippen LogP contribution in [0, 0.1) is 0 Å². The second-order valence-corrected chi connectivity index (χ2v) is 7.06. The molecule has 23 heavy (non-hydrogen) atoms. The van der Waals surface area contributed by atoms with Gasteiger partial charge in [0.25, 0.3) is 5.91 Å². The third-order valence-electron chi connectivity index (χ3n) is 4.19. The number of carbonyl (C=O) groups is 2. The standard InChI is InChI=1S/C18H17BrN2O2/c1-18(2,12-4-6-13(19)7-5-12)17(23)21-14-8-3-11-10-20-16(22)15(11)9-14/h3-9H,10H2,1-2H3,(H,20,22)(H,21,23). The van der Waals surface area contributed by atoms with Gasteiger partial charge in [0.1, 0.15) is 0 Å². The molecule has 0 radical (unpaired) electrons. The number of carbonyl (C=O) groups excluding carboxylic acids is 2. The summed E-state index contributed by atoms with van der Waals surface area (Å²) in [6, 6.07) is 13.1.